The molecule has 1 aromatic carbocycles. The molecule has 0 radical (unpaired) electrons. The first kappa shape index (κ1) is 21.6. The van der Waals surface area contributed by atoms with Crippen LogP contribution in [-0.4, -0.2) is 54.9 Å². The van der Waals surface area contributed by atoms with Crippen molar-refractivity contribution in [3.63, 3.8) is 0 Å². The van der Waals surface area contributed by atoms with Gasteiger partial charge in [0.2, 0.25) is 11.1 Å². The molecule has 1 amide bonds. The molecule has 9 nitrogen and oxygen atoms in total. The summed E-state index contributed by atoms with van der Waals surface area (Å²) in [5.74, 6) is 6.45. The van der Waals surface area contributed by atoms with E-state index in [4.69, 9.17) is 5.84 Å². The van der Waals surface area contributed by atoms with Gasteiger partial charge in [0.25, 0.3) is 5.95 Å². The van der Waals surface area contributed by atoms with Gasteiger partial charge in [-0.15, -0.1) is 10.2 Å². The fourth-order valence-corrected chi connectivity index (χ4v) is 3.51. The Morgan fingerprint density at radius 2 is 1.97 bits per heavy atom. The van der Waals surface area contributed by atoms with Crippen molar-refractivity contribution in [3.8, 4) is 11.7 Å². The molecule has 0 aliphatic carbocycles. The van der Waals surface area contributed by atoms with Gasteiger partial charge >= 0.3 is 6.61 Å². The van der Waals surface area contributed by atoms with Crippen molar-refractivity contribution in [1.82, 2.24) is 29.6 Å². The molecule has 12 heteroatoms. The van der Waals surface area contributed by atoms with Gasteiger partial charge in [0.05, 0.1) is 11.4 Å². The summed E-state index contributed by atoms with van der Waals surface area (Å²) in [6, 6.07) is 8.03. The van der Waals surface area contributed by atoms with Crippen molar-refractivity contribution >= 4 is 17.7 Å². The van der Waals surface area contributed by atoms with Crippen molar-refractivity contribution in [3.05, 3.63) is 47.3 Å². The Morgan fingerprint density at radius 3 is 2.57 bits per heavy atom. The fourth-order valence-electron chi connectivity index (χ4n) is 2.72. The summed E-state index contributed by atoms with van der Waals surface area (Å²) in [5, 5.41) is 12.8. The van der Waals surface area contributed by atoms with Gasteiger partial charge in [-0.25, -0.2) is 9.36 Å². The number of amides is 1. The zero-order valence-electron chi connectivity index (χ0n) is 16.6. The standard InChI is InChI=1S/C18H21F2N7O2S/c1-11-8-12(2)27(24-11)17-22-23-18(26(17)21)30-10-15(28)25(3)9-13-4-6-14(7-5-13)29-16(19)20/h4-8,16H,9-10,21H2,1-3H3. The number of carbonyl (C=O) groups excluding carboxylic acids is 1. The molecular formula is C18H21F2N7O2S. The van der Waals surface area contributed by atoms with Gasteiger partial charge in [-0.1, -0.05) is 23.9 Å². The van der Waals surface area contributed by atoms with E-state index in [9.17, 15) is 13.6 Å². The number of rotatable bonds is 8. The van der Waals surface area contributed by atoms with E-state index in [1.807, 2.05) is 19.9 Å². The van der Waals surface area contributed by atoms with Crippen LogP contribution in [0.3, 0.4) is 0 Å². The molecule has 2 heterocycles. The van der Waals surface area contributed by atoms with E-state index in [2.05, 4.69) is 20.0 Å². The van der Waals surface area contributed by atoms with Crippen LogP contribution in [0.25, 0.3) is 5.95 Å². The number of carbonyl (C=O) groups is 1. The lowest BCUT2D eigenvalue weighted by molar-refractivity contribution is -0.127. The van der Waals surface area contributed by atoms with Crippen LogP contribution in [0.1, 0.15) is 17.0 Å². The molecule has 30 heavy (non-hydrogen) atoms. The number of nitrogen functional groups attached to an aromatic ring is 1. The summed E-state index contributed by atoms with van der Waals surface area (Å²) in [6.07, 6.45) is 0. The van der Waals surface area contributed by atoms with E-state index in [0.717, 1.165) is 28.7 Å². The number of hydrogen-bond acceptors (Lipinski definition) is 7. The summed E-state index contributed by atoms with van der Waals surface area (Å²) >= 11 is 1.16. The molecule has 0 spiro atoms. The highest BCUT2D eigenvalue weighted by Gasteiger charge is 2.17. The summed E-state index contributed by atoms with van der Waals surface area (Å²) < 4.78 is 31.6. The van der Waals surface area contributed by atoms with E-state index in [0.29, 0.717) is 17.6 Å². The number of alkyl halides is 2. The van der Waals surface area contributed by atoms with Crippen LogP contribution < -0.4 is 10.6 Å². The Balaban J connectivity index is 1.57. The lowest BCUT2D eigenvalue weighted by Gasteiger charge is -2.17. The lowest BCUT2D eigenvalue weighted by Crippen LogP contribution is -2.28. The number of halogens is 2. The van der Waals surface area contributed by atoms with Crippen molar-refractivity contribution in [2.24, 2.45) is 0 Å². The van der Waals surface area contributed by atoms with Gasteiger partial charge in [-0.3, -0.25) is 4.79 Å². The molecule has 0 saturated carbocycles. The molecule has 0 aliphatic rings. The number of aromatic nitrogens is 5. The Labute approximate surface area is 175 Å². The number of nitrogens with zero attached hydrogens (tertiary/aromatic N) is 6. The third-order valence-electron chi connectivity index (χ3n) is 4.16. The molecule has 0 aliphatic heterocycles. The number of thioether (sulfide) groups is 1. The highest BCUT2D eigenvalue weighted by Crippen LogP contribution is 2.19. The van der Waals surface area contributed by atoms with Gasteiger partial charge in [-0.05, 0) is 37.6 Å². The van der Waals surface area contributed by atoms with Crippen LogP contribution in [0.4, 0.5) is 8.78 Å². The molecule has 160 valence electrons. The maximum absolute atomic E-state index is 12.4. The first-order valence-electron chi connectivity index (χ1n) is 8.89. The second kappa shape index (κ2) is 9.11. The van der Waals surface area contributed by atoms with Crippen molar-refractivity contribution in [1.29, 1.82) is 0 Å². The first-order valence-corrected chi connectivity index (χ1v) is 9.88. The molecule has 3 aromatic rings. The Hall–Kier alpha value is -3.15. The predicted octanol–water partition coefficient (Wildman–Crippen LogP) is 2.15. The highest BCUT2D eigenvalue weighted by atomic mass is 32.2. The van der Waals surface area contributed by atoms with Gasteiger partial charge in [-0.2, -0.15) is 13.9 Å². The topological polar surface area (TPSA) is 104 Å². The number of nitrogens with two attached hydrogens (primary N) is 1. The van der Waals surface area contributed by atoms with E-state index in [1.165, 1.54) is 21.7 Å². The SMILES string of the molecule is Cc1cc(C)n(-c2nnc(SCC(=O)N(C)Cc3ccc(OC(F)F)cc3)n2N)n1. The van der Waals surface area contributed by atoms with Crippen LogP contribution in [-0.2, 0) is 11.3 Å². The number of benzene rings is 1. The molecular weight excluding hydrogens is 416 g/mol. The average Bonchev–Trinajstić information content (AvgIpc) is 3.21. The van der Waals surface area contributed by atoms with Gasteiger partial charge < -0.3 is 15.5 Å². The first-order chi connectivity index (χ1) is 14.2. The zero-order valence-corrected chi connectivity index (χ0v) is 17.4. The van der Waals surface area contributed by atoms with Crippen LogP contribution in [0.15, 0.2) is 35.5 Å². The van der Waals surface area contributed by atoms with Gasteiger partial charge in [0, 0.05) is 19.3 Å². The Bertz CT molecular complexity index is 1020. The van der Waals surface area contributed by atoms with E-state index >= 15 is 0 Å². The lowest BCUT2D eigenvalue weighted by atomic mass is 10.2. The van der Waals surface area contributed by atoms with Crippen LogP contribution in [0.2, 0.25) is 0 Å². The van der Waals surface area contributed by atoms with Gasteiger partial charge in [0.15, 0.2) is 0 Å². The number of ether oxygens (including phenoxy) is 1. The van der Waals surface area contributed by atoms with Crippen LogP contribution in [0, 0.1) is 13.8 Å². The second-order valence-electron chi connectivity index (χ2n) is 6.55. The minimum absolute atomic E-state index is 0.0685. The highest BCUT2D eigenvalue weighted by molar-refractivity contribution is 7.99. The van der Waals surface area contributed by atoms with Crippen molar-refractivity contribution in [2.75, 3.05) is 18.6 Å². The largest absolute Gasteiger partial charge is 0.435 e. The Morgan fingerprint density at radius 1 is 1.27 bits per heavy atom. The zero-order chi connectivity index (χ0) is 21.8. The van der Waals surface area contributed by atoms with Gasteiger partial charge in [0.1, 0.15) is 5.75 Å². The Kier molecular flexibility index (Phi) is 6.55. The second-order valence-corrected chi connectivity index (χ2v) is 7.49. The molecule has 2 N–H and O–H groups in total. The minimum atomic E-state index is -2.87. The maximum atomic E-state index is 12.4. The molecule has 0 saturated heterocycles. The van der Waals surface area contributed by atoms with Crippen LogP contribution in [0.5, 0.6) is 5.75 Å². The third kappa shape index (κ3) is 5.06. The summed E-state index contributed by atoms with van der Waals surface area (Å²) in [5.41, 5.74) is 2.48. The van der Waals surface area contributed by atoms with Crippen LogP contribution >= 0.6 is 11.8 Å². The minimum Gasteiger partial charge on any atom is -0.435 e. The van der Waals surface area contributed by atoms with E-state index in [-0.39, 0.29) is 17.4 Å². The number of hydrogen-bond donors (Lipinski definition) is 1. The van der Waals surface area contributed by atoms with E-state index in [1.54, 1.807) is 23.9 Å². The summed E-state index contributed by atoms with van der Waals surface area (Å²) in [7, 11) is 1.65. The van der Waals surface area contributed by atoms with E-state index < -0.39 is 6.61 Å². The smallest absolute Gasteiger partial charge is 0.387 e. The third-order valence-corrected chi connectivity index (χ3v) is 5.09. The fraction of sp³-hybridized carbons (Fsp3) is 0.333. The number of aryl methyl sites for hydroxylation is 2. The molecule has 3 rings (SSSR count). The molecule has 0 fully saturated rings. The molecule has 2 aromatic heterocycles. The predicted molar refractivity (Wildman–Crippen MR) is 107 cm³/mol. The van der Waals surface area contributed by atoms with Crippen molar-refractivity contribution in [2.45, 2.75) is 32.2 Å². The average molecular weight is 437 g/mol. The normalized spacial score (nSPS) is 11.1. The maximum Gasteiger partial charge on any atom is 0.387 e. The molecule has 0 unspecified atom stereocenters. The summed E-state index contributed by atoms with van der Waals surface area (Å²) in [4.78, 5) is 14.0. The molecule has 0 atom stereocenters. The monoisotopic (exact) mass is 437 g/mol. The summed E-state index contributed by atoms with van der Waals surface area (Å²) in [6.45, 7) is 1.19. The quantitative estimate of drug-likeness (QED) is 0.425. The van der Waals surface area contributed by atoms with Crippen molar-refractivity contribution < 1.29 is 18.3 Å². The molecule has 0 bridgehead atoms.